The van der Waals surface area contributed by atoms with Crippen molar-refractivity contribution in [3.05, 3.63) is 59.9 Å². The highest BCUT2D eigenvalue weighted by Crippen LogP contribution is 2.55. The van der Waals surface area contributed by atoms with Crippen molar-refractivity contribution in [2.45, 2.75) is 44.3 Å². The van der Waals surface area contributed by atoms with Crippen LogP contribution >= 0.6 is 0 Å². The Hall–Kier alpha value is -2.96. The Morgan fingerprint density at radius 1 is 1.24 bits per heavy atom. The molecule has 1 spiro atoms. The first-order valence-corrected chi connectivity index (χ1v) is 12.8. The monoisotopic (exact) mass is 470 g/mol. The molecule has 1 heterocycles. The summed E-state index contributed by atoms with van der Waals surface area (Å²) < 4.78 is 42.6. The Bertz CT molecular complexity index is 1190. The third kappa shape index (κ3) is 4.87. The Morgan fingerprint density at radius 3 is 2.55 bits per heavy atom. The molecule has 1 aliphatic carbocycles. The van der Waals surface area contributed by atoms with E-state index in [1.54, 1.807) is 30.0 Å². The number of amides is 2. The topological polar surface area (TPSA) is 102 Å². The van der Waals surface area contributed by atoms with E-state index in [0.29, 0.717) is 17.7 Å². The molecule has 2 aromatic carbocycles. The van der Waals surface area contributed by atoms with Crippen LogP contribution in [-0.2, 0) is 16.4 Å². The van der Waals surface area contributed by atoms with Crippen LogP contribution in [0, 0.1) is 22.6 Å². The summed E-state index contributed by atoms with van der Waals surface area (Å²) in [6.07, 6.45) is 2.80. The predicted octanol–water partition coefficient (Wildman–Crippen LogP) is 3.04. The average molecular weight is 471 g/mol. The summed E-state index contributed by atoms with van der Waals surface area (Å²) in [5.41, 5.74) is 1.23. The Labute approximate surface area is 193 Å². The molecular weight excluding hydrogens is 443 g/mol. The van der Waals surface area contributed by atoms with Crippen molar-refractivity contribution in [2.24, 2.45) is 5.41 Å². The van der Waals surface area contributed by atoms with E-state index in [-0.39, 0.29) is 17.7 Å². The maximum Gasteiger partial charge on any atom is 0.318 e. The van der Waals surface area contributed by atoms with E-state index in [2.05, 4.69) is 10.0 Å². The second-order valence-corrected chi connectivity index (χ2v) is 10.9. The summed E-state index contributed by atoms with van der Waals surface area (Å²) in [5, 5.41) is 11.7. The second-order valence-electron chi connectivity index (χ2n) is 9.07. The largest absolute Gasteiger partial charge is 0.322 e. The van der Waals surface area contributed by atoms with Gasteiger partial charge in [0.05, 0.1) is 18.4 Å². The van der Waals surface area contributed by atoms with Gasteiger partial charge in [-0.05, 0) is 37.3 Å². The first-order chi connectivity index (χ1) is 15.6. The molecule has 7 nitrogen and oxygen atoms in total. The molecule has 2 fully saturated rings. The van der Waals surface area contributed by atoms with Crippen molar-refractivity contribution in [1.82, 2.24) is 14.9 Å². The van der Waals surface area contributed by atoms with Crippen molar-refractivity contribution in [1.29, 1.82) is 5.26 Å². The fourth-order valence-corrected chi connectivity index (χ4v) is 5.63. The number of hydrogen-bond acceptors (Lipinski definition) is 4. The molecule has 2 amide bonds. The predicted molar refractivity (Wildman–Crippen MR) is 123 cm³/mol. The quantitative estimate of drug-likeness (QED) is 0.677. The van der Waals surface area contributed by atoms with Crippen LogP contribution in [0.25, 0.3) is 11.1 Å². The van der Waals surface area contributed by atoms with Gasteiger partial charge in [-0.1, -0.05) is 48.5 Å². The molecule has 2 N–H and O–H groups in total. The number of nitrogens with zero attached hydrogens (tertiary/aromatic N) is 2. The molecule has 2 aromatic rings. The maximum absolute atomic E-state index is 15.6. The molecule has 33 heavy (non-hydrogen) atoms. The molecule has 1 saturated carbocycles. The van der Waals surface area contributed by atoms with E-state index in [4.69, 9.17) is 5.26 Å². The number of carbonyl (C=O) groups excluding carboxylic acids is 1. The van der Waals surface area contributed by atoms with E-state index < -0.39 is 34.2 Å². The van der Waals surface area contributed by atoms with Gasteiger partial charge in [0.25, 0.3) is 0 Å². The smallest absolute Gasteiger partial charge is 0.318 e. The fraction of sp³-hybridized carbons (Fsp3) is 0.417. The Balaban J connectivity index is 1.70. The first-order valence-electron chi connectivity index (χ1n) is 10.9. The van der Waals surface area contributed by atoms with Crippen LogP contribution in [0.2, 0.25) is 0 Å². The molecule has 1 unspecified atom stereocenters. The number of sulfonamides is 1. The summed E-state index contributed by atoms with van der Waals surface area (Å²) in [6.45, 7) is 1.93. The molecule has 2 aliphatic rings. The summed E-state index contributed by atoms with van der Waals surface area (Å²) in [6, 6.07) is 14.0. The van der Waals surface area contributed by atoms with Gasteiger partial charge in [-0.15, -0.1) is 0 Å². The summed E-state index contributed by atoms with van der Waals surface area (Å²) in [4.78, 5) is 14.6. The molecule has 9 heteroatoms. The van der Waals surface area contributed by atoms with Crippen LogP contribution < -0.4 is 10.0 Å². The molecule has 1 saturated heterocycles. The lowest BCUT2D eigenvalue weighted by Gasteiger charge is -2.29. The van der Waals surface area contributed by atoms with Crippen molar-refractivity contribution in [3.63, 3.8) is 0 Å². The molecule has 4 rings (SSSR count). The van der Waals surface area contributed by atoms with Gasteiger partial charge >= 0.3 is 6.03 Å². The SMILES string of the molecule is CC(C#N)NC(=O)N1CC2(CC2)[C@H](NS(C)(=O)=O)[C@@H]1Cc1cccc(-c2ccccc2)c1F. The Kier molecular flexibility index (Phi) is 6.16. The first kappa shape index (κ1) is 23.2. The molecule has 0 bridgehead atoms. The van der Waals surface area contributed by atoms with Gasteiger partial charge in [0.2, 0.25) is 10.0 Å². The standard InChI is InChI=1S/C24H27FN4O3S/c1-16(14-26)27-23(30)29-15-24(11-12-24)22(28-33(2,31)32)20(29)13-18-9-6-10-19(21(18)25)17-7-4-3-5-8-17/h3-10,16,20,22,28H,11-13,15H2,1-2H3,(H,27,30)/t16?,20-,22+/m0/s1. The number of carbonyl (C=O) groups is 1. The molecule has 0 radical (unpaired) electrons. The number of likely N-dealkylation sites (tertiary alicyclic amines) is 1. The number of urea groups is 1. The normalized spacial score (nSPS) is 22.1. The van der Waals surface area contributed by atoms with Gasteiger partial charge in [0, 0.05) is 23.6 Å². The molecule has 1 aliphatic heterocycles. The van der Waals surface area contributed by atoms with E-state index >= 15 is 4.39 Å². The number of hydrogen-bond donors (Lipinski definition) is 2. The highest BCUT2D eigenvalue weighted by Gasteiger charge is 2.61. The number of halogens is 1. The third-order valence-electron chi connectivity index (χ3n) is 6.55. The number of nitrogens with one attached hydrogen (secondary N) is 2. The van der Waals surface area contributed by atoms with Crippen molar-refractivity contribution in [2.75, 3.05) is 12.8 Å². The van der Waals surface area contributed by atoms with Gasteiger partial charge in [0.1, 0.15) is 11.9 Å². The van der Waals surface area contributed by atoms with Gasteiger partial charge in [-0.25, -0.2) is 22.3 Å². The zero-order valence-electron chi connectivity index (χ0n) is 18.6. The lowest BCUT2D eigenvalue weighted by Crippen LogP contribution is -2.52. The molecule has 0 aromatic heterocycles. The molecule has 174 valence electrons. The lowest BCUT2D eigenvalue weighted by atomic mass is 9.91. The minimum Gasteiger partial charge on any atom is -0.322 e. The highest BCUT2D eigenvalue weighted by molar-refractivity contribution is 7.88. The summed E-state index contributed by atoms with van der Waals surface area (Å²) >= 11 is 0. The minimum absolute atomic E-state index is 0.149. The highest BCUT2D eigenvalue weighted by atomic mass is 32.2. The fourth-order valence-electron chi connectivity index (χ4n) is 4.76. The van der Waals surface area contributed by atoms with E-state index in [0.717, 1.165) is 24.7 Å². The van der Waals surface area contributed by atoms with Gasteiger partial charge < -0.3 is 10.2 Å². The zero-order chi connectivity index (χ0) is 23.8. The van der Waals surface area contributed by atoms with E-state index in [9.17, 15) is 13.2 Å². The number of nitriles is 1. The number of rotatable bonds is 6. The number of benzene rings is 2. The third-order valence-corrected chi connectivity index (χ3v) is 7.23. The van der Waals surface area contributed by atoms with Gasteiger partial charge in [-0.3, -0.25) is 0 Å². The minimum atomic E-state index is -3.56. The van der Waals surface area contributed by atoms with Crippen LogP contribution in [0.15, 0.2) is 48.5 Å². The van der Waals surface area contributed by atoms with Crippen molar-refractivity contribution in [3.8, 4) is 17.2 Å². The van der Waals surface area contributed by atoms with Crippen LogP contribution in [0.3, 0.4) is 0 Å². The Morgan fingerprint density at radius 2 is 1.94 bits per heavy atom. The zero-order valence-corrected chi connectivity index (χ0v) is 19.4. The second kappa shape index (κ2) is 8.76. The molecule has 3 atom stereocenters. The van der Waals surface area contributed by atoms with Crippen LogP contribution in [0.4, 0.5) is 9.18 Å². The van der Waals surface area contributed by atoms with Gasteiger partial charge in [0.15, 0.2) is 0 Å². The average Bonchev–Trinajstić information content (AvgIpc) is 3.50. The summed E-state index contributed by atoms with van der Waals surface area (Å²) in [7, 11) is -3.56. The summed E-state index contributed by atoms with van der Waals surface area (Å²) in [5.74, 6) is -0.385. The van der Waals surface area contributed by atoms with E-state index in [1.165, 1.54) is 0 Å². The van der Waals surface area contributed by atoms with Crippen LogP contribution in [0.1, 0.15) is 25.3 Å². The van der Waals surface area contributed by atoms with Crippen molar-refractivity contribution < 1.29 is 17.6 Å². The lowest BCUT2D eigenvalue weighted by molar-refractivity contribution is 0.187. The maximum atomic E-state index is 15.6. The van der Waals surface area contributed by atoms with Crippen molar-refractivity contribution >= 4 is 16.1 Å². The van der Waals surface area contributed by atoms with Crippen LogP contribution in [0.5, 0.6) is 0 Å². The van der Waals surface area contributed by atoms with E-state index in [1.807, 2.05) is 36.4 Å². The van der Waals surface area contributed by atoms with Crippen LogP contribution in [-0.4, -0.2) is 50.3 Å². The molecular formula is C24H27FN4O3S. The van der Waals surface area contributed by atoms with Gasteiger partial charge in [-0.2, -0.15) is 5.26 Å².